The third kappa shape index (κ3) is 15.1. The molecule has 0 saturated heterocycles. The van der Waals surface area contributed by atoms with Crippen molar-refractivity contribution < 1.29 is 44.3 Å². The SMILES string of the molecule is CN(C)CCOC(C)(c1ccccc1)c1ccccn1.O=C(O)CCC(=O)O.O=C([O-])CCC(=O)[O-]. The van der Waals surface area contributed by atoms with Crippen molar-refractivity contribution in [1.29, 1.82) is 0 Å². The number of nitrogens with zero attached hydrogens (tertiary/aromatic N) is 2. The molecule has 1 aromatic heterocycles. The van der Waals surface area contributed by atoms with Crippen LogP contribution in [0, 0.1) is 0 Å². The molecule has 0 aliphatic rings. The number of aromatic nitrogens is 1. The lowest BCUT2D eigenvalue weighted by Crippen LogP contribution is -2.32. The lowest BCUT2D eigenvalue weighted by molar-refractivity contribution is -0.315. The topological polar surface area (TPSA) is 180 Å². The summed E-state index contributed by atoms with van der Waals surface area (Å²) in [5.74, 6) is -4.89. The summed E-state index contributed by atoms with van der Waals surface area (Å²) in [6.45, 7) is 3.63. The molecule has 0 spiro atoms. The van der Waals surface area contributed by atoms with Gasteiger partial charge in [-0.15, -0.1) is 0 Å². The number of carboxylic acids is 4. The molecule has 0 radical (unpaired) electrons. The van der Waals surface area contributed by atoms with Crippen LogP contribution in [0.15, 0.2) is 54.7 Å². The van der Waals surface area contributed by atoms with Crippen LogP contribution in [0.25, 0.3) is 0 Å². The van der Waals surface area contributed by atoms with Gasteiger partial charge >= 0.3 is 11.9 Å². The summed E-state index contributed by atoms with van der Waals surface area (Å²) in [4.78, 5) is 44.9. The Morgan fingerprint density at radius 3 is 1.75 bits per heavy atom. The van der Waals surface area contributed by atoms with E-state index < -0.39 is 42.3 Å². The molecule has 0 bridgehead atoms. The van der Waals surface area contributed by atoms with Crippen LogP contribution in [0.4, 0.5) is 0 Å². The minimum absolute atomic E-state index is 0.296. The van der Waals surface area contributed by atoms with Gasteiger partial charge in [0.15, 0.2) is 0 Å². The van der Waals surface area contributed by atoms with Crippen LogP contribution in [0.5, 0.6) is 0 Å². The molecule has 2 N–H and O–H groups in total. The van der Waals surface area contributed by atoms with Crippen LogP contribution >= 0.6 is 0 Å². The molecule has 198 valence electrons. The van der Waals surface area contributed by atoms with E-state index in [1.807, 2.05) is 56.7 Å². The van der Waals surface area contributed by atoms with Crippen molar-refractivity contribution >= 4 is 23.9 Å². The van der Waals surface area contributed by atoms with Crippen LogP contribution in [0.3, 0.4) is 0 Å². The third-order valence-corrected chi connectivity index (χ3v) is 4.49. The molecule has 0 aliphatic heterocycles. The van der Waals surface area contributed by atoms with Crippen LogP contribution in [0.2, 0.25) is 0 Å². The molecule has 0 fully saturated rings. The number of pyridine rings is 1. The van der Waals surface area contributed by atoms with Crippen LogP contribution in [-0.2, 0) is 29.5 Å². The molecule has 0 aliphatic carbocycles. The highest BCUT2D eigenvalue weighted by Gasteiger charge is 2.31. The molecular weight excluding hydrogens is 472 g/mol. The smallest absolute Gasteiger partial charge is 0.303 e. The first-order chi connectivity index (χ1) is 16.9. The highest BCUT2D eigenvalue weighted by atomic mass is 16.5. The van der Waals surface area contributed by atoms with Gasteiger partial charge in [0.2, 0.25) is 0 Å². The summed E-state index contributed by atoms with van der Waals surface area (Å²) in [7, 11) is 4.09. The first kappa shape index (κ1) is 32.2. The van der Waals surface area contributed by atoms with Gasteiger partial charge < -0.3 is 39.7 Å². The van der Waals surface area contributed by atoms with Crippen molar-refractivity contribution in [3.63, 3.8) is 0 Å². The predicted octanol–water partition coefficient (Wildman–Crippen LogP) is 0.126. The maximum atomic E-state index is 9.64. The molecule has 0 saturated carbocycles. The van der Waals surface area contributed by atoms with Crippen molar-refractivity contribution in [1.82, 2.24) is 9.88 Å². The van der Waals surface area contributed by atoms with Crippen LogP contribution < -0.4 is 10.2 Å². The fourth-order valence-corrected chi connectivity index (χ4v) is 2.56. The molecule has 1 heterocycles. The summed E-state index contributed by atoms with van der Waals surface area (Å²) in [6.07, 6.45) is 0.279. The number of carbonyl (C=O) groups excluding carboxylic acids is 2. The fourth-order valence-electron chi connectivity index (χ4n) is 2.56. The number of carboxylic acid groups (broad SMARTS) is 4. The largest absolute Gasteiger partial charge is 0.550 e. The number of aliphatic carboxylic acids is 4. The predicted molar refractivity (Wildman–Crippen MR) is 125 cm³/mol. The molecule has 2 rings (SSSR count). The zero-order chi connectivity index (χ0) is 27.6. The van der Waals surface area contributed by atoms with E-state index >= 15 is 0 Å². The van der Waals surface area contributed by atoms with Crippen LogP contribution in [-0.4, -0.2) is 71.2 Å². The highest BCUT2D eigenvalue weighted by Crippen LogP contribution is 2.31. The van der Waals surface area contributed by atoms with Gasteiger partial charge in [-0.2, -0.15) is 0 Å². The summed E-state index contributed by atoms with van der Waals surface area (Å²) in [6, 6.07) is 16.2. The van der Waals surface area contributed by atoms with E-state index in [0.29, 0.717) is 6.61 Å². The van der Waals surface area contributed by atoms with Crippen molar-refractivity contribution in [3.8, 4) is 0 Å². The van der Waals surface area contributed by atoms with Crippen molar-refractivity contribution in [2.45, 2.75) is 38.2 Å². The maximum absolute atomic E-state index is 9.64. The first-order valence-corrected chi connectivity index (χ1v) is 11.0. The highest BCUT2D eigenvalue weighted by molar-refractivity contribution is 5.75. The van der Waals surface area contributed by atoms with Gasteiger partial charge in [-0.05, 0) is 51.6 Å². The number of hydrogen-bond donors (Lipinski definition) is 2. The third-order valence-electron chi connectivity index (χ3n) is 4.49. The number of likely N-dealkylation sites (N-methyl/N-ethyl adjacent to an activating group) is 1. The normalized spacial score (nSPS) is 11.7. The van der Waals surface area contributed by atoms with Gasteiger partial charge in [0.1, 0.15) is 5.60 Å². The Kier molecular flexibility index (Phi) is 15.7. The zero-order valence-electron chi connectivity index (χ0n) is 20.6. The van der Waals surface area contributed by atoms with Gasteiger partial charge in [-0.25, -0.2) is 0 Å². The molecule has 1 unspecified atom stereocenters. The minimum Gasteiger partial charge on any atom is -0.550 e. The maximum Gasteiger partial charge on any atom is 0.303 e. The Morgan fingerprint density at radius 2 is 1.36 bits per heavy atom. The molecule has 2 aromatic rings. The van der Waals surface area contributed by atoms with Gasteiger partial charge in [-0.1, -0.05) is 36.4 Å². The van der Waals surface area contributed by atoms with E-state index in [-0.39, 0.29) is 12.8 Å². The minimum atomic E-state index is -1.37. The summed E-state index contributed by atoms with van der Waals surface area (Å²) in [5.41, 5.74) is 1.54. The van der Waals surface area contributed by atoms with E-state index in [2.05, 4.69) is 28.9 Å². The molecular formula is C25H32N2O9-2. The zero-order valence-corrected chi connectivity index (χ0v) is 20.6. The average molecular weight is 505 g/mol. The summed E-state index contributed by atoms with van der Waals surface area (Å²) >= 11 is 0. The second-order valence-corrected chi connectivity index (χ2v) is 7.80. The number of hydrogen-bond acceptors (Lipinski definition) is 9. The molecule has 11 nitrogen and oxygen atoms in total. The Labute approximate surface area is 210 Å². The van der Waals surface area contributed by atoms with Crippen molar-refractivity contribution in [2.75, 3.05) is 27.2 Å². The first-order valence-electron chi connectivity index (χ1n) is 11.0. The summed E-state index contributed by atoms with van der Waals surface area (Å²) < 4.78 is 6.21. The van der Waals surface area contributed by atoms with Crippen molar-refractivity contribution in [3.05, 3.63) is 66.0 Å². The van der Waals surface area contributed by atoms with Crippen molar-refractivity contribution in [2.24, 2.45) is 0 Å². The monoisotopic (exact) mass is 504 g/mol. The lowest BCUT2D eigenvalue weighted by atomic mass is 9.91. The standard InChI is InChI=1S/C17H22N2O.2C4H6O4/c1-17(20-14-13-19(2)3,15-9-5-4-6-10-15)16-11-7-8-12-18-16;2*5-3(6)1-2-4(7)8/h4-12H,13-14H2,1-3H3;2*1-2H2,(H,5,6)(H,7,8)/p-2. The second-order valence-electron chi connectivity index (χ2n) is 7.80. The lowest BCUT2D eigenvalue weighted by Gasteiger charge is -2.30. The Balaban J connectivity index is 0.000000634. The van der Waals surface area contributed by atoms with Gasteiger partial charge in [0.05, 0.1) is 25.1 Å². The van der Waals surface area contributed by atoms with Gasteiger partial charge in [0.25, 0.3) is 0 Å². The fraction of sp³-hybridized carbons (Fsp3) is 0.400. The molecule has 1 atom stereocenters. The van der Waals surface area contributed by atoms with Gasteiger partial charge in [-0.3, -0.25) is 14.6 Å². The quantitative estimate of drug-likeness (QED) is 0.401. The van der Waals surface area contributed by atoms with Crippen LogP contribution in [0.1, 0.15) is 43.9 Å². The number of benzene rings is 1. The van der Waals surface area contributed by atoms with E-state index in [4.69, 9.17) is 14.9 Å². The number of carbonyl (C=O) groups is 4. The van der Waals surface area contributed by atoms with Gasteiger partial charge in [0, 0.05) is 24.7 Å². The number of ether oxygens (including phenoxy) is 1. The van der Waals surface area contributed by atoms with E-state index in [0.717, 1.165) is 17.8 Å². The summed E-state index contributed by atoms with van der Waals surface area (Å²) in [5, 5.41) is 34.8. The number of rotatable bonds is 12. The molecule has 0 amide bonds. The van der Waals surface area contributed by atoms with E-state index in [1.165, 1.54) is 0 Å². The Morgan fingerprint density at radius 1 is 0.861 bits per heavy atom. The molecule has 36 heavy (non-hydrogen) atoms. The molecule has 11 heteroatoms. The Hall–Kier alpha value is -3.83. The van der Waals surface area contributed by atoms with E-state index in [1.54, 1.807) is 0 Å². The second kappa shape index (κ2) is 17.6. The van der Waals surface area contributed by atoms with E-state index in [9.17, 15) is 29.4 Å². The Bertz CT molecular complexity index is 840. The molecule has 1 aromatic carbocycles. The average Bonchev–Trinajstić information content (AvgIpc) is 2.83.